The molecule has 0 radical (unpaired) electrons. The summed E-state index contributed by atoms with van der Waals surface area (Å²) in [5.74, 6) is 0. The van der Waals surface area contributed by atoms with Crippen molar-refractivity contribution >= 4 is 65.3 Å². The van der Waals surface area contributed by atoms with E-state index in [2.05, 4.69) is 180 Å². The van der Waals surface area contributed by atoms with Crippen molar-refractivity contribution < 1.29 is 34.4 Å². The van der Waals surface area contributed by atoms with Crippen molar-refractivity contribution in [1.82, 2.24) is 0 Å². The third-order valence-corrected chi connectivity index (χ3v) is 22.4. The molecule has 3 saturated carbocycles. The fourth-order valence-corrected chi connectivity index (χ4v) is 20.2. The second kappa shape index (κ2) is 27.3. The number of rotatable bonds is 9. The van der Waals surface area contributed by atoms with Crippen LogP contribution >= 0.6 is 33.5 Å². The van der Waals surface area contributed by atoms with Gasteiger partial charge in [0.05, 0.1) is 38.2 Å². The third kappa shape index (κ3) is 14.2. The predicted octanol–water partition coefficient (Wildman–Crippen LogP) is 12.4. The molecule has 6 aromatic carbocycles. The second-order valence-electron chi connectivity index (χ2n) is 16.1. The molecule has 0 spiro atoms. The Morgan fingerprint density at radius 2 is 0.569 bits per heavy atom. The van der Waals surface area contributed by atoms with Gasteiger partial charge in [0.25, 0.3) is 0 Å². The van der Waals surface area contributed by atoms with Gasteiger partial charge in [-0.25, -0.2) is 24.3 Å². The van der Waals surface area contributed by atoms with Crippen LogP contribution in [0.5, 0.6) is 0 Å². The van der Waals surface area contributed by atoms with Crippen LogP contribution < -0.4 is 31.8 Å². The number of hydrogen-bond donors (Lipinski definition) is 0. The first-order valence-corrected chi connectivity index (χ1v) is 28.9. The first kappa shape index (κ1) is 47.4. The van der Waals surface area contributed by atoms with E-state index in [9.17, 15) is 0 Å². The van der Waals surface area contributed by atoms with Crippen LogP contribution in [0.3, 0.4) is 0 Å². The van der Waals surface area contributed by atoms with Crippen molar-refractivity contribution in [3.63, 3.8) is 0 Å². The van der Waals surface area contributed by atoms with E-state index in [-0.39, 0.29) is 25.0 Å². The summed E-state index contributed by atoms with van der Waals surface area (Å²) in [5, 5.41) is 8.69. The Hall–Kier alpha value is -1.70. The summed E-state index contributed by atoms with van der Waals surface area (Å²) < 4.78 is 0. The zero-order chi connectivity index (χ0) is 39.3. The minimum atomic E-state index is -0.834. The Bertz CT molecular complexity index is 1620. The van der Waals surface area contributed by atoms with Gasteiger partial charge in [-0.05, 0) is 136 Å². The molecule has 0 heterocycles. The second-order valence-corrected chi connectivity index (χ2v) is 24.5. The molecule has 9 rings (SSSR count). The van der Waals surface area contributed by atoms with E-state index in [4.69, 9.17) is 0 Å². The van der Waals surface area contributed by atoms with E-state index >= 15 is 0 Å². The fraction of sp³-hybridized carbons (Fsp3) is 0.346. The van der Waals surface area contributed by atoms with Gasteiger partial charge >= 0.3 is 27.0 Å². The van der Waals surface area contributed by atoms with Crippen molar-refractivity contribution in [2.75, 3.05) is 0 Å². The first-order chi connectivity index (χ1) is 28.3. The van der Waals surface area contributed by atoms with E-state index in [1.54, 1.807) is 114 Å². The average Bonchev–Trinajstić information content (AvgIpc) is 4.04. The Morgan fingerprint density at radius 1 is 0.345 bits per heavy atom. The van der Waals surface area contributed by atoms with Gasteiger partial charge < -0.3 is 0 Å². The zero-order valence-electron chi connectivity index (χ0n) is 34.1. The van der Waals surface area contributed by atoms with Crippen molar-refractivity contribution in [2.24, 2.45) is 0 Å². The zero-order valence-corrected chi connectivity index (χ0v) is 40.8. The molecule has 0 amide bonds. The van der Waals surface area contributed by atoms with Gasteiger partial charge in [0.15, 0.2) is 0 Å². The largest absolute Gasteiger partial charge is 0.210 e. The van der Waals surface area contributed by atoms with Crippen LogP contribution in [-0.2, 0) is 34.4 Å². The molecule has 3 aliphatic rings. The summed E-state index contributed by atoms with van der Waals surface area (Å²) >= 11 is 1.62. The monoisotopic (exact) mass is 975 g/mol. The van der Waals surface area contributed by atoms with Gasteiger partial charge in [-0.1, -0.05) is 92.1 Å². The van der Waals surface area contributed by atoms with Crippen LogP contribution in [0, 0.1) is 0 Å². The van der Waals surface area contributed by atoms with Crippen molar-refractivity contribution in [1.29, 1.82) is 0 Å². The summed E-state index contributed by atoms with van der Waals surface area (Å²) in [6.07, 6.45) is 23.8. The molecule has 0 unspecified atom stereocenters. The van der Waals surface area contributed by atoms with Crippen LogP contribution in [0.4, 0.5) is 0 Å². The summed E-state index contributed by atoms with van der Waals surface area (Å²) in [4.78, 5) is 0. The maximum absolute atomic E-state index is 4.61. The minimum absolute atomic E-state index is 0. The Kier molecular flexibility index (Phi) is 22.3. The number of benzene rings is 4. The van der Waals surface area contributed by atoms with Gasteiger partial charge in [0.1, 0.15) is 0 Å². The Morgan fingerprint density at radius 3 is 0.793 bits per heavy atom. The molecule has 6 heteroatoms. The summed E-state index contributed by atoms with van der Waals surface area (Å²) in [7, 11) is 2.89. The van der Waals surface area contributed by atoms with Gasteiger partial charge in [-0.2, -0.15) is 0 Å². The predicted molar refractivity (Wildman–Crippen MR) is 260 cm³/mol. The van der Waals surface area contributed by atoms with Crippen LogP contribution in [0.25, 0.3) is 0 Å². The van der Waals surface area contributed by atoms with E-state index < -0.39 is 15.8 Å². The molecule has 3 fully saturated rings. The molecule has 0 saturated heterocycles. The van der Waals surface area contributed by atoms with E-state index in [0.717, 1.165) is 0 Å². The Labute approximate surface area is 380 Å². The van der Waals surface area contributed by atoms with Crippen LogP contribution in [0.1, 0.15) is 96.3 Å². The van der Waals surface area contributed by atoms with E-state index in [1.807, 2.05) is 0 Å². The molecule has 3 aliphatic carbocycles. The molecule has 58 heavy (non-hydrogen) atoms. The van der Waals surface area contributed by atoms with Crippen LogP contribution in [0.2, 0.25) is 0 Å². The van der Waals surface area contributed by atoms with Crippen molar-refractivity contribution in [2.45, 2.75) is 113 Å². The molecule has 0 aliphatic heterocycles. The number of hydrogen-bond acceptors (Lipinski definition) is 0. The topological polar surface area (TPSA) is 0 Å². The van der Waals surface area contributed by atoms with Gasteiger partial charge in [0.2, 0.25) is 0 Å². The van der Waals surface area contributed by atoms with Gasteiger partial charge in [-0.15, -0.1) is 24.3 Å². The smallest absolute Gasteiger partial charge is 0.0908 e. The van der Waals surface area contributed by atoms with Crippen LogP contribution in [0.15, 0.2) is 170 Å². The average molecular weight is 975 g/mol. The molecule has 0 bridgehead atoms. The van der Waals surface area contributed by atoms with Gasteiger partial charge in [-0.3, -0.25) is 0 Å². The minimum Gasteiger partial charge on any atom is -0.210 e. The van der Waals surface area contributed by atoms with E-state index in [1.165, 1.54) is 48.8 Å². The molecule has 0 atom stereocenters. The molecule has 0 N–H and O–H groups in total. The maximum atomic E-state index is 4.61. The van der Waals surface area contributed by atoms with E-state index in [0.29, 0.717) is 0 Å². The molecule has 310 valence electrons. The fourth-order valence-electron chi connectivity index (χ4n) is 9.81. The normalized spacial score (nSPS) is 16.2. The summed E-state index contributed by atoms with van der Waals surface area (Å²) in [6, 6.07) is 60.8. The first-order valence-electron chi connectivity index (χ1n) is 21.8. The van der Waals surface area contributed by atoms with Crippen molar-refractivity contribution in [3.05, 3.63) is 170 Å². The third-order valence-electron chi connectivity index (χ3n) is 12.4. The van der Waals surface area contributed by atoms with Gasteiger partial charge in [0, 0.05) is 40.8 Å². The van der Waals surface area contributed by atoms with Crippen LogP contribution in [-0.4, -0.2) is 17.0 Å². The molecular formula is C52H65ClFeP3Ru+. The molecular weight excluding hydrogens is 910 g/mol. The maximum Gasteiger partial charge on any atom is 0.0908 e. The summed E-state index contributed by atoms with van der Waals surface area (Å²) in [5.41, 5.74) is 3.68. The quantitative estimate of drug-likeness (QED) is 0.0769. The molecule has 0 nitrogen and oxygen atoms in total. The van der Waals surface area contributed by atoms with Crippen molar-refractivity contribution in [3.8, 4) is 0 Å². The number of halogens is 1. The molecule has 6 aromatic rings. The SMILES string of the molecule is C1CCC([PH+](C2CCCCC2)C2CCCCC2)CC1.[Cl][RuH].[Fe].c1ccc([PH+](c2ccccc2)[c-]2cccc2)cc1.c1ccc([PH+](c2ccccc2)[c-]2cccc2)cc1. The molecule has 0 aromatic heterocycles. The summed E-state index contributed by atoms with van der Waals surface area (Å²) in [6.45, 7) is 0. The Balaban J connectivity index is 0.000000161. The standard InChI is InChI=1S/C18H33P.2C17H15P.ClH.Fe.Ru.H/c1-4-10-16(11-5-1)19(17-12-6-2-7-13-17)18-14-8-3-9-15-18;2*1-3-9-15(10-4-1)18(17-13-7-8-14-17)16-11-5-2-6-12-16;;;;/h16-18H,1-15H2;2*1-14,18H;1H;;;/q;;;;;+1;.